The van der Waals surface area contributed by atoms with Gasteiger partial charge < -0.3 is 4.74 Å². The van der Waals surface area contributed by atoms with Crippen molar-refractivity contribution < 1.29 is 9.53 Å². The summed E-state index contributed by atoms with van der Waals surface area (Å²) in [6.45, 7) is 2.52. The SMILES string of the molecule is CCOc1ccc(C(=O)N/N=C/c2cccc3ccccc23)cc1. The van der Waals surface area contributed by atoms with E-state index in [-0.39, 0.29) is 5.91 Å². The van der Waals surface area contributed by atoms with Crippen molar-refractivity contribution in [2.24, 2.45) is 5.10 Å². The molecular formula is C20H18N2O2. The highest BCUT2D eigenvalue weighted by molar-refractivity contribution is 6.00. The second-order valence-corrected chi connectivity index (χ2v) is 5.22. The van der Waals surface area contributed by atoms with Crippen LogP contribution in [0.1, 0.15) is 22.8 Å². The quantitative estimate of drug-likeness (QED) is 0.571. The molecule has 0 fully saturated rings. The van der Waals surface area contributed by atoms with Gasteiger partial charge in [-0.05, 0) is 42.0 Å². The van der Waals surface area contributed by atoms with Crippen LogP contribution < -0.4 is 10.2 Å². The Hall–Kier alpha value is -3.14. The van der Waals surface area contributed by atoms with Gasteiger partial charge in [0, 0.05) is 11.1 Å². The highest BCUT2D eigenvalue weighted by atomic mass is 16.5. The van der Waals surface area contributed by atoms with Crippen LogP contribution in [0.3, 0.4) is 0 Å². The van der Waals surface area contributed by atoms with Gasteiger partial charge in [-0.3, -0.25) is 4.79 Å². The summed E-state index contributed by atoms with van der Waals surface area (Å²) in [5.41, 5.74) is 4.05. The summed E-state index contributed by atoms with van der Waals surface area (Å²) < 4.78 is 5.36. The van der Waals surface area contributed by atoms with Crippen molar-refractivity contribution in [3.05, 3.63) is 77.9 Å². The van der Waals surface area contributed by atoms with E-state index in [1.165, 1.54) is 0 Å². The van der Waals surface area contributed by atoms with Gasteiger partial charge in [0.2, 0.25) is 0 Å². The highest BCUT2D eigenvalue weighted by Crippen LogP contribution is 2.16. The Morgan fingerprint density at radius 1 is 1.04 bits per heavy atom. The molecule has 0 atom stereocenters. The molecule has 0 saturated heterocycles. The van der Waals surface area contributed by atoms with Crippen LogP contribution in [0.5, 0.6) is 5.75 Å². The van der Waals surface area contributed by atoms with Crippen LogP contribution in [0, 0.1) is 0 Å². The van der Waals surface area contributed by atoms with E-state index < -0.39 is 0 Å². The van der Waals surface area contributed by atoms with E-state index in [9.17, 15) is 4.79 Å². The monoisotopic (exact) mass is 318 g/mol. The number of carbonyl (C=O) groups excluding carboxylic acids is 1. The number of fused-ring (bicyclic) bond motifs is 1. The molecule has 0 aliphatic heterocycles. The summed E-state index contributed by atoms with van der Waals surface area (Å²) in [6, 6.07) is 21.0. The van der Waals surface area contributed by atoms with Gasteiger partial charge in [0.1, 0.15) is 5.75 Å². The van der Waals surface area contributed by atoms with Crippen molar-refractivity contribution in [1.29, 1.82) is 0 Å². The lowest BCUT2D eigenvalue weighted by Gasteiger charge is -2.04. The fourth-order valence-corrected chi connectivity index (χ4v) is 2.46. The van der Waals surface area contributed by atoms with Crippen molar-refractivity contribution in [1.82, 2.24) is 5.43 Å². The molecule has 120 valence electrons. The van der Waals surface area contributed by atoms with Crippen LogP contribution in [0.4, 0.5) is 0 Å². The van der Waals surface area contributed by atoms with E-state index in [4.69, 9.17) is 4.74 Å². The number of carbonyl (C=O) groups is 1. The minimum absolute atomic E-state index is 0.255. The van der Waals surface area contributed by atoms with Crippen molar-refractivity contribution in [3.8, 4) is 5.75 Å². The number of benzene rings is 3. The van der Waals surface area contributed by atoms with Gasteiger partial charge in [0.15, 0.2) is 0 Å². The molecule has 4 heteroatoms. The van der Waals surface area contributed by atoms with Crippen LogP contribution in [-0.2, 0) is 0 Å². The van der Waals surface area contributed by atoms with Crippen molar-refractivity contribution in [2.75, 3.05) is 6.61 Å². The fraction of sp³-hybridized carbons (Fsp3) is 0.100. The maximum Gasteiger partial charge on any atom is 0.271 e. The number of nitrogens with one attached hydrogen (secondary N) is 1. The van der Waals surface area contributed by atoms with Gasteiger partial charge in [-0.15, -0.1) is 0 Å². The summed E-state index contributed by atoms with van der Waals surface area (Å²) in [6.07, 6.45) is 1.66. The van der Waals surface area contributed by atoms with Gasteiger partial charge in [0.05, 0.1) is 12.8 Å². The summed E-state index contributed by atoms with van der Waals surface area (Å²) in [4.78, 5) is 12.1. The predicted octanol–water partition coefficient (Wildman–Crippen LogP) is 4.00. The number of amides is 1. The van der Waals surface area contributed by atoms with Gasteiger partial charge >= 0.3 is 0 Å². The molecule has 0 spiro atoms. The van der Waals surface area contributed by atoms with Gasteiger partial charge in [0.25, 0.3) is 5.91 Å². The molecule has 0 unspecified atom stereocenters. The molecule has 4 nitrogen and oxygen atoms in total. The maximum atomic E-state index is 12.1. The zero-order valence-corrected chi connectivity index (χ0v) is 13.4. The number of ether oxygens (including phenoxy) is 1. The smallest absolute Gasteiger partial charge is 0.271 e. The first-order valence-corrected chi connectivity index (χ1v) is 7.82. The van der Waals surface area contributed by atoms with Crippen molar-refractivity contribution in [3.63, 3.8) is 0 Å². The second kappa shape index (κ2) is 7.42. The molecule has 3 aromatic carbocycles. The van der Waals surface area contributed by atoms with E-state index in [1.807, 2.05) is 49.4 Å². The van der Waals surface area contributed by atoms with Crippen LogP contribution in [0.15, 0.2) is 71.8 Å². The van der Waals surface area contributed by atoms with Gasteiger partial charge in [-0.1, -0.05) is 42.5 Å². The number of nitrogens with zero attached hydrogens (tertiary/aromatic N) is 1. The zero-order valence-electron chi connectivity index (χ0n) is 13.4. The van der Waals surface area contributed by atoms with E-state index in [1.54, 1.807) is 30.5 Å². The fourth-order valence-electron chi connectivity index (χ4n) is 2.46. The molecular weight excluding hydrogens is 300 g/mol. The van der Waals surface area contributed by atoms with Crippen LogP contribution in [0.25, 0.3) is 10.8 Å². The van der Waals surface area contributed by atoms with Gasteiger partial charge in [-0.25, -0.2) is 5.43 Å². The van der Waals surface area contributed by atoms with E-state index in [0.29, 0.717) is 12.2 Å². The first-order chi connectivity index (χ1) is 11.8. The zero-order chi connectivity index (χ0) is 16.8. The Morgan fingerprint density at radius 2 is 1.79 bits per heavy atom. The molecule has 0 radical (unpaired) electrons. The number of hydrazone groups is 1. The largest absolute Gasteiger partial charge is 0.494 e. The van der Waals surface area contributed by atoms with Crippen LogP contribution in [-0.4, -0.2) is 18.7 Å². The second-order valence-electron chi connectivity index (χ2n) is 5.22. The molecule has 3 rings (SSSR count). The Morgan fingerprint density at radius 3 is 2.58 bits per heavy atom. The maximum absolute atomic E-state index is 12.1. The first kappa shape index (κ1) is 15.7. The van der Waals surface area contributed by atoms with E-state index in [0.717, 1.165) is 22.1 Å². The number of hydrogen-bond donors (Lipinski definition) is 1. The van der Waals surface area contributed by atoms with Crippen molar-refractivity contribution >= 4 is 22.9 Å². The normalized spacial score (nSPS) is 10.9. The minimum atomic E-state index is -0.255. The minimum Gasteiger partial charge on any atom is -0.494 e. The van der Waals surface area contributed by atoms with E-state index >= 15 is 0 Å². The first-order valence-electron chi connectivity index (χ1n) is 7.82. The summed E-state index contributed by atoms with van der Waals surface area (Å²) in [5.74, 6) is 0.489. The van der Waals surface area contributed by atoms with Crippen LogP contribution >= 0.6 is 0 Å². The topological polar surface area (TPSA) is 50.7 Å². The standard InChI is InChI=1S/C20H18N2O2/c1-2-24-18-12-10-16(11-13-18)20(23)22-21-14-17-8-5-7-15-6-3-4-9-19(15)17/h3-14H,2H2,1H3,(H,22,23)/b21-14+. The molecule has 0 aliphatic carbocycles. The molecule has 0 saturated carbocycles. The molecule has 24 heavy (non-hydrogen) atoms. The number of hydrogen-bond acceptors (Lipinski definition) is 3. The summed E-state index contributed by atoms with van der Waals surface area (Å²) >= 11 is 0. The molecule has 0 heterocycles. The Balaban J connectivity index is 1.70. The number of rotatable bonds is 5. The highest BCUT2D eigenvalue weighted by Gasteiger charge is 2.04. The Bertz CT molecular complexity index is 865. The lowest BCUT2D eigenvalue weighted by molar-refractivity contribution is 0.0955. The molecule has 0 aromatic heterocycles. The lowest BCUT2D eigenvalue weighted by atomic mass is 10.1. The lowest BCUT2D eigenvalue weighted by Crippen LogP contribution is -2.17. The third-order valence-electron chi connectivity index (χ3n) is 3.62. The molecule has 1 N–H and O–H groups in total. The average molecular weight is 318 g/mol. The van der Waals surface area contributed by atoms with Gasteiger partial charge in [-0.2, -0.15) is 5.10 Å². The van der Waals surface area contributed by atoms with E-state index in [2.05, 4.69) is 10.5 Å². The molecule has 0 bridgehead atoms. The third-order valence-corrected chi connectivity index (χ3v) is 3.62. The molecule has 0 aliphatic rings. The Kier molecular flexibility index (Phi) is 4.87. The predicted molar refractivity (Wildman–Crippen MR) is 96.6 cm³/mol. The van der Waals surface area contributed by atoms with Crippen molar-refractivity contribution in [2.45, 2.75) is 6.92 Å². The molecule has 3 aromatic rings. The molecule has 1 amide bonds. The third kappa shape index (κ3) is 3.60. The summed E-state index contributed by atoms with van der Waals surface area (Å²) in [7, 11) is 0. The Labute approximate surface area is 140 Å². The average Bonchev–Trinajstić information content (AvgIpc) is 2.63. The summed E-state index contributed by atoms with van der Waals surface area (Å²) in [5, 5.41) is 6.31. The van der Waals surface area contributed by atoms with Crippen LogP contribution in [0.2, 0.25) is 0 Å².